The van der Waals surface area contributed by atoms with E-state index in [1.165, 1.54) is 6.92 Å². The number of Topliss-reactive ketones (excluding diaryl/α,β-unsaturated/α-hetero) is 1. The predicted molar refractivity (Wildman–Crippen MR) is 46.9 cm³/mol. The number of nitrogens with two attached hydrogens (primary N) is 1. The lowest BCUT2D eigenvalue weighted by atomic mass is 10.2. The second-order valence-electron chi connectivity index (χ2n) is 2.97. The van der Waals surface area contributed by atoms with E-state index in [1.54, 1.807) is 0 Å². The lowest BCUT2D eigenvalue weighted by Gasteiger charge is -2.12. The van der Waals surface area contributed by atoms with Crippen molar-refractivity contribution < 1.29 is 19.7 Å². The zero-order valence-corrected chi connectivity index (χ0v) is 7.77. The summed E-state index contributed by atoms with van der Waals surface area (Å²) in [7, 11) is 0. The molecule has 13 heavy (non-hydrogen) atoms. The van der Waals surface area contributed by atoms with Gasteiger partial charge in [0.05, 0.1) is 6.04 Å². The minimum Gasteiger partial charge on any atom is -0.374 e. The highest BCUT2D eigenvalue weighted by Crippen LogP contribution is 1.98. The van der Waals surface area contributed by atoms with E-state index in [0.29, 0.717) is 19.4 Å². The normalized spacial score (nSPS) is 13.3. The average Bonchev–Trinajstić information content (AvgIpc) is 2.02. The Morgan fingerprint density at radius 2 is 2.15 bits per heavy atom. The molecule has 0 aromatic rings. The van der Waals surface area contributed by atoms with Crippen molar-refractivity contribution in [1.82, 2.24) is 0 Å². The largest absolute Gasteiger partial charge is 0.374 e. The van der Waals surface area contributed by atoms with Crippen molar-refractivity contribution >= 4 is 5.78 Å². The Kier molecular flexibility index (Phi) is 6.70. The fourth-order valence-electron chi connectivity index (χ4n) is 0.786. The highest BCUT2D eigenvalue weighted by atomic mass is 16.5. The molecule has 0 aliphatic carbocycles. The quantitative estimate of drug-likeness (QED) is 0.355. The molecule has 78 valence electrons. The summed E-state index contributed by atoms with van der Waals surface area (Å²) in [5.74, 6) is -0.0218. The van der Waals surface area contributed by atoms with E-state index in [0.717, 1.165) is 0 Å². The van der Waals surface area contributed by atoms with Gasteiger partial charge in [-0.25, -0.2) is 0 Å². The Labute approximate surface area is 77.5 Å². The van der Waals surface area contributed by atoms with Gasteiger partial charge < -0.3 is 20.7 Å². The molecule has 0 aromatic heterocycles. The summed E-state index contributed by atoms with van der Waals surface area (Å²) in [6.07, 6.45) is -0.394. The van der Waals surface area contributed by atoms with Crippen LogP contribution in [0, 0.1) is 0 Å². The Hall–Kier alpha value is -0.490. The first-order valence-corrected chi connectivity index (χ1v) is 4.23. The van der Waals surface area contributed by atoms with Gasteiger partial charge in [0, 0.05) is 6.61 Å². The number of carbonyl (C=O) groups is 1. The fraction of sp³-hybridized carbons (Fsp3) is 0.875. The number of rotatable bonds is 7. The van der Waals surface area contributed by atoms with E-state index >= 15 is 0 Å². The van der Waals surface area contributed by atoms with Crippen molar-refractivity contribution in [2.45, 2.75) is 32.1 Å². The minimum atomic E-state index is -1.48. The molecule has 5 nitrogen and oxygen atoms in total. The maximum absolute atomic E-state index is 10.4. The number of aliphatic hydroxyl groups excluding tert-OH is 1. The van der Waals surface area contributed by atoms with Gasteiger partial charge in [-0.15, -0.1) is 0 Å². The molecule has 0 rings (SSSR count). The van der Waals surface area contributed by atoms with Gasteiger partial charge in [0.25, 0.3) is 0 Å². The van der Waals surface area contributed by atoms with E-state index < -0.39 is 12.3 Å². The van der Waals surface area contributed by atoms with E-state index in [2.05, 4.69) is 0 Å². The van der Waals surface area contributed by atoms with Crippen LogP contribution in [0.4, 0.5) is 0 Å². The first kappa shape index (κ1) is 12.5. The van der Waals surface area contributed by atoms with Crippen molar-refractivity contribution in [2.24, 2.45) is 5.73 Å². The topological polar surface area (TPSA) is 92.8 Å². The summed E-state index contributed by atoms with van der Waals surface area (Å²) in [6, 6.07) is -0.638. The summed E-state index contributed by atoms with van der Waals surface area (Å²) < 4.78 is 4.96. The van der Waals surface area contributed by atoms with Crippen LogP contribution in [0.25, 0.3) is 0 Å². The summed E-state index contributed by atoms with van der Waals surface area (Å²) in [6.45, 7) is 1.97. The highest BCUT2D eigenvalue weighted by molar-refractivity contribution is 5.76. The maximum Gasteiger partial charge on any atom is 0.166 e. The molecule has 0 fully saturated rings. The van der Waals surface area contributed by atoms with Crippen molar-refractivity contribution in [3.63, 3.8) is 0 Å². The van der Waals surface area contributed by atoms with E-state index in [1.807, 2.05) is 0 Å². The van der Waals surface area contributed by atoms with Gasteiger partial charge in [-0.2, -0.15) is 0 Å². The Morgan fingerprint density at radius 3 is 2.62 bits per heavy atom. The van der Waals surface area contributed by atoms with Gasteiger partial charge in [-0.3, -0.25) is 4.79 Å². The molecular weight excluding hydrogens is 174 g/mol. The molecule has 0 saturated heterocycles. The highest BCUT2D eigenvalue weighted by Gasteiger charge is 2.09. The zero-order valence-electron chi connectivity index (χ0n) is 7.77. The van der Waals surface area contributed by atoms with Crippen molar-refractivity contribution in [3.05, 3.63) is 0 Å². The molecule has 4 N–H and O–H groups in total. The number of ketones is 1. The molecular formula is C8H17NO4. The van der Waals surface area contributed by atoms with Crippen LogP contribution in [0.15, 0.2) is 0 Å². The van der Waals surface area contributed by atoms with E-state index in [9.17, 15) is 4.79 Å². The first-order valence-electron chi connectivity index (χ1n) is 4.23. The lowest BCUT2D eigenvalue weighted by molar-refractivity contribution is -0.121. The monoisotopic (exact) mass is 191 g/mol. The van der Waals surface area contributed by atoms with Crippen LogP contribution < -0.4 is 5.73 Å². The molecule has 0 amide bonds. The Morgan fingerprint density at radius 1 is 1.54 bits per heavy atom. The van der Waals surface area contributed by atoms with Crippen molar-refractivity contribution in [3.8, 4) is 0 Å². The van der Waals surface area contributed by atoms with Crippen LogP contribution in [0.1, 0.15) is 19.8 Å². The molecule has 0 aliphatic rings. The van der Waals surface area contributed by atoms with Gasteiger partial charge in [0.15, 0.2) is 12.1 Å². The van der Waals surface area contributed by atoms with Crippen LogP contribution in [0.2, 0.25) is 0 Å². The molecule has 0 saturated carbocycles. The van der Waals surface area contributed by atoms with Crippen LogP contribution in [-0.2, 0) is 9.53 Å². The maximum atomic E-state index is 10.4. The molecule has 1 atom stereocenters. The second kappa shape index (κ2) is 6.97. The van der Waals surface area contributed by atoms with E-state index in [4.69, 9.17) is 20.7 Å². The summed E-state index contributed by atoms with van der Waals surface area (Å²) in [5.41, 5.74) is 5.34. The summed E-state index contributed by atoms with van der Waals surface area (Å²) in [4.78, 5) is 10.4. The Bertz CT molecular complexity index is 149. The van der Waals surface area contributed by atoms with Gasteiger partial charge in [0.2, 0.25) is 0 Å². The third kappa shape index (κ3) is 7.86. The molecule has 0 heterocycles. The smallest absolute Gasteiger partial charge is 0.166 e. The molecule has 5 heteroatoms. The van der Waals surface area contributed by atoms with Gasteiger partial charge in [0.1, 0.15) is 6.61 Å². The summed E-state index contributed by atoms with van der Waals surface area (Å²) >= 11 is 0. The van der Waals surface area contributed by atoms with Gasteiger partial charge >= 0.3 is 0 Å². The first-order chi connectivity index (χ1) is 6.04. The SMILES string of the molecule is CC(=O)COCCCC(N)C(O)O. The van der Waals surface area contributed by atoms with Crippen LogP contribution in [0.5, 0.6) is 0 Å². The van der Waals surface area contributed by atoms with Crippen molar-refractivity contribution in [1.29, 1.82) is 0 Å². The van der Waals surface area contributed by atoms with Gasteiger partial charge in [-0.1, -0.05) is 0 Å². The van der Waals surface area contributed by atoms with Crippen LogP contribution in [-0.4, -0.2) is 41.5 Å². The molecule has 0 aromatic carbocycles. The number of hydrogen-bond acceptors (Lipinski definition) is 5. The minimum absolute atomic E-state index is 0.0218. The second-order valence-corrected chi connectivity index (χ2v) is 2.97. The molecule has 0 aliphatic heterocycles. The average molecular weight is 191 g/mol. The number of carbonyl (C=O) groups excluding carboxylic acids is 1. The third-order valence-corrected chi connectivity index (χ3v) is 1.51. The predicted octanol–water partition coefficient (Wildman–Crippen LogP) is -0.990. The third-order valence-electron chi connectivity index (χ3n) is 1.51. The molecule has 0 spiro atoms. The standard InChI is InChI=1S/C8H17NO4/c1-6(10)5-13-4-2-3-7(9)8(11)12/h7-8,11-12H,2-5,9H2,1H3. The van der Waals surface area contributed by atoms with Crippen molar-refractivity contribution in [2.75, 3.05) is 13.2 Å². The fourth-order valence-corrected chi connectivity index (χ4v) is 0.786. The van der Waals surface area contributed by atoms with E-state index in [-0.39, 0.29) is 12.4 Å². The van der Waals surface area contributed by atoms with Crippen LogP contribution in [0.3, 0.4) is 0 Å². The Balaban J connectivity index is 3.21. The number of ether oxygens (including phenoxy) is 1. The zero-order chi connectivity index (χ0) is 10.3. The lowest BCUT2D eigenvalue weighted by Crippen LogP contribution is -2.34. The number of aliphatic hydroxyl groups is 2. The molecule has 0 bridgehead atoms. The van der Waals surface area contributed by atoms with Gasteiger partial charge in [-0.05, 0) is 19.8 Å². The molecule has 0 radical (unpaired) electrons. The summed E-state index contributed by atoms with van der Waals surface area (Å²) in [5, 5.41) is 17.2. The molecule has 1 unspecified atom stereocenters. The van der Waals surface area contributed by atoms with Crippen LogP contribution >= 0.6 is 0 Å². The number of hydrogen-bond donors (Lipinski definition) is 3.